The molecule has 0 bridgehead atoms. The molecule has 0 aromatic heterocycles. The molecule has 92 valence electrons. The lowest BCUT2D eigenvalue weighted by molar-refractivity contribution is 0.0761. The fourth-order valence-electron chi connectivity index (χ4n) is 2.33. The Kier molecular flexibility index (Phi) is 3.67. The molecule has 1 unspecified atom stereocenters. The Morgan fingerprint density at radius 3 is 2.82 bits per heavy atom. The number of para-hydroxylation sites is 1. The minimum Gasteiger partial charge on any atom is -0.398 e. The van der Waals surface area contributed by atoms with Gasteiger partial charge in [0.1, 0.15) is 0 Å². The summed E-state index contributed by atoms with van der Waals surface area (Å²) in [5.74, 6) is 0.804. The van der Waals surface area contributed by atoms with E-state index < -0.39 is 0 Å². The third kappa shape index (κ3) is 2.78. The van der Waals surface area contributed by atoms with Crippen LogP contribution in [0, 0.1) is 5.92 Å². The summed E-state index contributed by atoms with van der Waals surface area (Å²) in [5, 5.41) is 0. The van der Waals surface area contributed by atoms with Crippen LogP contribution in [0.15, 0.2) is 24.3 Å². The summed E-state index contributed by atoms with van der Waals surface area (Å²) in [5.41, 5.74) is 7.07. The van der Waals surface area contributed by atoms with Crippen LogP contribution in [0.4, 0.5) is 5.69 Å². The van der Waals surface area contributed by atoms with Crippen molar-refractivity contribution in [2.45, 2.75) is 26.2 Å². The normalized spacial score (nSPS) is 21.0. The maximum absolute atomic E-state index is 12.3. The van der Waals surface area contributed by atoms with E-state index in [-0.39, 0.29) is 5.91 Å². The zero-order chi connectivity index (χ0) is 12.3. The molecule has 1 amide bonds. The Morgan fingerprint density at radius 1 is 1.29 bits per heavy atom. The molecule has 3 heteroatoms. The summed E-state index contributed by atoms with van der Waals surface area (Å²) in [6.45, 7) is 3.97. The number of nitrogens with zero attached hydrogens (tertiary/aromatic N) is 1. The zero-order valence-electron chi connectivity index (χ0n) is 10.4. The van der Waals surface area contributed by atoms with E-state index in [9.17, 15) is 4.79 Å². The molecule has 1 saturated heterocycles. The van der Waals surface area contributed by atoms with Crippen LogP contribution >= 0.6 is 0 Å². The summed E-state index contributed by atoms with van der Waals surface area (Å²) in [6.07, 6.45) is 3.41. The number of nitrogens with two attached hydrogens (primary N) is 1. The van der Waals surface area contributed by atoms with E-state index in [4.69, 9.17) is 5.73 Å². The van der Waals surface area contributed by atoms with E-state index in [1.165, 1.54) is 6.42 Å². The number of amides is 1. The smallest absolute Gasteiger partial charge is 0.255 e. The van der Waals surface area contributed by atoms with Gasteiger partial charge in [-0.15, -0.1) is 0 Å². The molecule has 0 radical (unpaired) electrons. The highest BCUT2D eigenvalue weighted by Gasteiger charge is 2.20. The van der Waals surface area contributed by atoms with Crippen molar-refractivity contribution in [1.82, 2.24) is 4.90 Å². The van der Waals surface area contributed by atoms with Gasteiger partial charge in [0.15, 0.2) is 0 Å². The third-order valence-corrected chi connectivity index (χ3v) is 3.50. The monoisotopic (exact) mass is 232 g/mol. The van der Waals surface area contributed by atoms with Crippen molar-refractivity contribution in [3.05, 3.63) is 29.8 Å². The van der Waals surface area contributed by atoms with Crippen molar-refractivity contribution >= 4 is 11.6 Å². The number of rotatable bonds is 1. The minimum atomic E-state index is 0.0807. The predicted molar refractivity (Wildman–Crippen MR) is 69.8 cm³/mol. The molecular weight excluding hydrogens is 212 g/mol. The van der Waals surface area contributed by atoms with Crippen LogP contribution in [0.2, 0.25) is 0 Å². The molecule has 0 saturated carbocycles. The van der Waals surface area contributed by atoms with Crippen molar-refractivity contribution in [2.75, 3.05) is 18.8 Å². The number of benzene rings is 1. The van der Waals surface area contributed by atoms with Gasteiger partial charge in [-0.1, -0.05) is 19.1 Å². The van der Waals surface area contributed by atoms with Gasteiger partial charge in [-0.25, -0.2) is 0 Å². The molecular formula is C14H20N2O. The number of likely N-dealkylation sites (tertiary alicyclic amines) is 1. The van der Waals surface area contributed by atoms with Gasteiger partial charge in [0, 0.05) is 18.8 Å². The predicted octanol–water partition coefficient (Wildman–Crippen LogP) is 2.53. The maximum Gasteiger partial charge on any atom is 0.255 e. The average molecular weight is 232 g/mol. The highest BCUT2D eigenvalue weighted by molar-refractivity contribution is 5.99. The second kappa shape index (κ2) is 5.21. The van der Waals surface area contributed by atoms with Crippen LogP contribution in [0.25, 0.3) is 0 Å². The number of hydrogen-bond acceptors (Lipinski definition) is 2. The second-order valence-electron chi connectivity index (χ2n) is 4.92. The van der Waals surface area contributed by atoms with Gasteiger partial charge >= 0.3 is 0 Å². The lowest BCUT2D eigenvalue weighted by Crippen LogP contribution is -2.32. The molecule has 1 aliphatic rings. The van der Waals surface area contributed by atoms with Gasteiger partial charge in [0.2, 0.25) is 0 Å². The maximum atomic E-state index is 12.3. The molecule has 1 aromatic rings. The molecule has 2 N–H and O–H groups in total. The first-order chi connectivity index (χ1) is 8.18. The molecule has 1 aliphatic heterocycles. The van der Waals surface area contributed by atoms with Crippen LogP contribution in [-0.4, -0.2) is 23.9 Å². The summed E-state index contributed by atoms with van der Waals surface area (Å²) >= 11 is 0. The molecule has 3 nitrogen and oxygen atoms in total. The molecule has 0 aliphatic carbocycles. The summed E-state index contributed by atoms with van der Waals surface area (Å²) in [6, 6.07) is 7.32. The van der Waals surface area contributed by atoms with Crippen molar-refractivity contribution in [1.29, 1.82) is 0 Å². The molecule has 1 aromatic carbocycles. The number of hydrogen-bond donors (Lipinski definition) is 1. The van der Waals surface area contributed by atoms with E-state index in [0.717, 1.165) is 31.8 Å². The topological polar surface area (TPSA) is 46.3 Å². The van der Waals surface area contributed by atoms with E-state index in [0.29, 0.717) is 11.3 Å². The van der Waals surface area contributed by atoms with E-state index in [1.54, 1.807) is 6.07 Å². The Labute approximate surface area is 103 Å². The third-order valence-electron chi connectivity index (χ3n) is 3.50. The van der Waals surface area contributed by atoms with Gasteiger partial charge in [-0.3, -0.25) is 4.79 Å². The van der Waals surface area contributed by atoms with Gasteiger partial charge < -0.3 is 10.6 Å². The number of anilines is 1. The van der Waals surface area contributed by atoms with E-state index in [1.807, 2.05) is 23.1 Å². The highest BCUT2D eigenvalue weighted by Crippen LogP contribution is 2.20. The first-order valence-corrected chi connectivity index (χ1v) is 6.32. The van der Waals surface area contributed by atoms with E-state index in [2.05, 4.69) is 6.92 Å². The van der Waals surface area contributed by atoms with Gasteiger partial charge in [0.05, 0.1) is 5.56 Å². The van der Waals surface area contributed by atoms with Crippen molar-refractivity contribution in [2.24, 2.45) is 5.92 Å². The largest absolute Gasteiger partial charge is 0.398 e. The minimum absolute atomic E-state index is 0.0807. The average Bonchev–Trinajstić information content (AvgIpc) is 2.54. The fraction of sp³-hybridized carbons (Fsp3) is 0.500. The highest BCUT2D eigenvalue weighted by atomic mass is 16.2. The SMILES string of the molecule is CC1CCCN(C(=O)c2ccccc2N)CC1. The van der Waals surface area contributed by atoms with Crippen molar-refractivity contribution < 1.29 is 4.79 Å². The molecule has 0 spiro atoms. The quantitative estimate of drug-likeness (QED) is 0.756. The fourth-order valence-corrected chi connectivity index (χ4v) is 2.33. The Hall–Kier alpha value is -1.51. The molecule has 17 heavy (non-hydrogen) atoms. The molecule has 1 heterocycles. The number of carbonyl (C=O) groups is 1. The van der Waals surface area contributed by atoms with Crippen LogP contribution in [-0.2, 0) is 0 Å². The summed E-state index contributed by atoms with van der Waals surface area (Å²) in [4.78, 5) is 14.3. The number of carbonyl (C=O) groups excluding carboxylic acids is 1. The molecule has 2 rings (SSSR count). The van der Waals surface area contributed by atoms with Gasteiger partial charge in [0.25, 0.3) is 5.91 Å². The Bertz CT molecular complexity index is 403. The summed E-state index contributed by atoms with van der Waals surface area (Å²) in [7, 11) is 0. The lowest BCUT2D eigenvalue weighted by Gasteiger charge is -2.21. The van der Waals surface area contributed by atoms with Crippen LogP contribution < -0.4 is 5.73 Å². The van der Waals surface area contributed by atoms with Crippen molar-refractivity contribution in [3.8, 4) is 0 Å². The standard InChI is InChI=1S/C14H20N2O/c1-11-5-4-9-16(10-8-11)14(17)12-6-2-3-7-13(12)15/h2-3,6-7,11H,4-5,8-10,15H2,1H3. The van der Waals surface area contributed by atoms with Crippen LogP contribution in [0.3, 0.4) is 0 Å². The van der Waals surface area contributed by atoms with Crippen LogP contribution in [0.1, 0.15) is 36.5 Å². The van der Waals surface area contributed by atoms with Gasteiger partial charge in [-0.05, 0) is 37.3 Å². The number of nitrogen functional groups attached to an aromatic ring is 1. The first-order valence-electron chi connectivity index (χ1n) is 6.32. The first kappa shape index (κ1) is 12.0. The second-order valence-corrected chi connectivity index (χ2v) is 4.92. The van der Waals surface area contributed by atoms with Crippen LogP contribution in [0.5, 0.6) is 0 Å². The van der Waals surface area contributed by atoms with Gasteiger partial charge in [-0.2, -0.15) is 0 Å². The molecule has 1 atom stereocenters. The summed E-state index contributed by atoms with van der Waals surface area (Å²) < 4.78 is 0. The Balaban J connectivity index is 2.12. The lowest BCUT2D eigenvalue weighted by atomic mass is 10.0. The Morgan fingerprint density at radius 2 is 2.06 bits per heavy atom. The van der Waals surface area contributed by atoms with E-state index >= 15 is 0 Å². The molecule has 1 fully saturated rings. The zero-order valence-corrected chi connectivity index (χ0v) is 10.4. The van der Waals surface area contributed by atoms with Crippen molar-refractivity contribution in [3.63, 3.8) is 0 Å².